The van der Waals surface area contributed by atoms with Crippen LogP contribution in [-0.4, -0.2) is 4.98 Å². The van der Waals surface area contributed by atoms with Crippen molar-refractivity contribution in [1.82, 2.24) is 4.98 Å². The molecule has 2 aromatic carbocycles. The number of aromatic nitrogens is 1. The predicted octanol–water partition coefficient (Wildman–Crippen LogP) is 5.19. The summed E-state index contributed by atoms with van der Waals surface area (Å²) >= 11 is 1.56. The molecule has 0 bridgehead atoms. The van der Waals surface area contributed by atoms with Crippen molar-refractivity contribution < 1.29 is 4.42 Å². The monoisotopic (exact) mass is 371 g/mol. The quantitative estimate of drug-likeness (QED) is 0.456. The number of aryl methyl sites for hydroxylation is 2. The lowest BCUT2D eigenvalue weighted by Crippen LogP contribution is -2.10. The van der Waals surface area contributed by atoms with Crippen LogP contribution in [0.2, 0.25) is 0 Å². The van der Waals surface area contributed by atoms with Gasteiger partial charge in [0.15, 0.2) is 0 Å². The first-order valence-electron chi connectivity index (χ1n) is 8.75. The van der Waals surface area contributed by atoms with Gasteiger partial charge in [0.1, 0.15) is 17.0 Å². The van der Waals surface area contributed by atoms with Gasteiger partial charge in [0.2, 0.25) is 5.43 Å². The van der Waals surface area contributed by atoms with E-state index in [4.69, 9.17) is 4.42 Å². The average molecular weight is 371 g/mol. The number of nitrogens with zero attached hydrogens (tertiary/aromatic N) is 1. The molecule has 0 atom stereocenters. The Morgan fingerprint density at radius 3 is 2.59 bits per heavy atom. The van der Waals surface area contributed by atoms with Gasteiger partial charge >= 0.3 is 0 Å². The van der Waals surface area contributed by atoms with Gasteiger partial charge in [-0.3, -0.25) is 4.79 Å². The average Bonchev–Trinajstić information content (AvgIpc) is 3.11. The van der Waals surface area contributed by atoms with Crippen molar-refractivity contribution in [2.75, 3.05) is 0 Å². The highest BCUT2D eigenvalue weighted by molar-refractivity contribution is 7.09. The summed E-state index contributed by atoms with van der Waals surface area (Å²) in [7, 11) is 0. The molecule has 27 heavy (non-hydrogen) atoms. The van der Waals surface area contributed by atoms with Crippen LogP contribution in [-0.2, 0) is 6.42 Å². The summed E-state index contributed by atoms with van der Waals surface area (Å²) in [4.78, 5) is 17.8. The van der Waals surface area contributed by atoms with E-state index >= 15 is 0 Å². The number of benzene rings is 2. The van der Waals surface area contributed by atoms with Crippen LogP contribution >= 0.6 is 11.3 Å². The Morgan fingerprint density at radius 1 is 1.07 bits per heavy atom. The lowest BCUT2D eigenvalue weighted by molar-refractivity contribution is 0.546. The van der Waals surface area contributed by atoms with E-state index in [1.807, 2.05) is 67.8 Å². The largest absolute Gasteiger partial charge is 0.460 e. The van der Waals surface area contributed by atoms with Crippen LogP contribution in [0, 0.1) is 18.8 Å². The van der Waals surface area contributed by atoms with Crippen LogP contribution < -0.4 is 5.43 Å². The minimum Gasteiger partial charge on any atom is -0.460 e. The van der Waals surface area contributed by atoms with Crippen LogP contribution in [0.15, 0.2) is 63.1 Å². The topological polar surface area (TPSA) is 43.1 Å². The molecule has 0 spiro atoms. The molecular formula is C23H17NO2S. The zero-order valence-electron chi connectivity index (χ0n) is 15.1. The Bertz CT molecular complexity index is 1240. The molecule has 132 valence electrons. The summed E-state index contributed by atoms with van der Waals surface area (Å²) < 4.78 is 6.09. The van der Waals surface area contributed by atoms with Crippen molar-refractivity contribution in [2.24, 2.45) is 0 Å². The maximum atomic E-state index is 13.4. The van der Waals surface area contributed by atoms with Crippen LogP contribution in [0.5, 0.6) is 0 Å². The molecule has 0 saturated heterocycles. The molecule has 3 nitrogen and oxygen atoms in total. The molecule has 0 unspecified atom stereocenters. The van der Waals surface area contributed by atoms with Crippen molar-refractivity contribution >= 4 is 22.3 Å². The number of thiazole rings is 1. The molecule has 0 N–H and O–H groups in total. The summed E-state index contributed by atoms with van der Waals surface area (Å²) in [5.74, 6) is 6.86. The number of hydrogen-bond donors (Lipinski definition) is 0. The van der Waals surface area contributed by atoms with E-state index in [-0.39, 0.29) is 5.43 Å². The van der Waals surface area contributed by atoms with Crippen molar-refractivity contribution in [3.05, 3.63) is 86.2 Å². The molecule has 0 radical (unpaired) electrons. The second-order valence-electron chi connectivity index (χ2n) is 6.13. The van der Waals surface area contributed by atoms with E-state index in [9.17, 15) is 4.79 Å². The van der Waals surface area contributed by atoms with Gasteiger partial charge in [0.05, 0.1) is 16.0 Å². The van der Waals surface area contributed by atoms with E-state index in [1.54, 1.807) is 11.3 Å². The van der Waals surface area contributed by atoms with Crippen molar-refractivity contribution in [1.29, 1.82) is 0 Å². The van der Waals surface area contributed by atoms with E-state index in [2.05, 4.69) is 16.8 Å². The molecule has 2 aromatic heterocycles. The third-order valence-electron chi connectivity index (χ3n) is 4.32. The normalized spacial score (nSPS) is 10.6. The maximum Gasteiger partial charge on any atom is 0.202 e. The lowest BCUT2D eigenvalue weighted by atomic mass is 9.99. The number of hydrogen-bond acceptors (Lipinski definition) is 4. The second-order valence-corrected chi connectivity index (χ2v) is 7.19. The van der Waals surface area contributed by atoms with E-state index in [0.717, 1.165) is 10.6 Å². The highest BCUT2D eigenvalue weighted by atomic mass is 32.1. The van der Waals surface area contributed by atoms with Gasteiger partial charge in [0.25, 0.3) is 0 Å². The minimum absolute atomic E-state index is 0.0429. The van der Waals surface area contributed by atoms with E-state index in [1.165, 1.54) is 0 Å². The van der Waals surface area contributed by atoms with Gasteiger partial charge in [-0.05, 0) is 30.5 Å². The van der Waals surface area contributed by atoms with Crippen LogP contribution in [0.1, 0.15) is 28.9 Å². The Balaban J connectivity index is 1.98. The summed E-state index contributed by atoms with van der Waals surface area (Å²) in [5, 5.41) is 3.41. The highest BCUT2D eigenvalue weighted by Crippen LogP contribution is 2.26. The molecular weight excluding hydrogens is 354 g/mol. The standard InChI is InChI=1S/C23H17NO2S/c1-3-19-21(16-8-5-4-6-9-16)23(25)22-17(10-7-11-20(22)26-19)12-13-18-14-27-15(2)24-18/h4-11,14H,3H2,1-2H3. The van der Waals surface area contributed by atoms with Gasteiger partial charge in [-0.2, -0.15) is 0 Å². The van der Waals surface area contributed by atoms with Gasteiger partial charge < -0.3 is 4.42 Å². The minimum atomic E-state index is -0.0429. The van der Waals surface area contributed by atoms with Gasteiger partial charge in [0, 0.05) is 17.4 Å². The molecule has 0 aliphatic heterocycles. The zero-order chi connectivity index (χ0) is 18.8. The fourth-order valence-corrected chi connectivity index (χ4v) is 3.63. The van der Waals surface area contributed by atoms with Crippen molar-refractivity contribution in [3.8, 4) is 23.0 Å². The van der Waals surface area contributed by atoms with Crippen LogP contribution in [0.25, 0.3) is 22.1 Å². The second kappa shape index (κ2) is 7.22. The Hall–Kier alpha value is -3.16. The molecule has 2 heterocycles. The molecule has 0 fully saturated rings. The molecule has 4 rings (SSSR count). The van der Waals surface area contributed by atoms with Gasteiger partial charge in [-0.1, -0.05) is 49.2 Å². The summed E-state index contributed by atoms with van der Waals surface area (Å²) in [5.41, 5.74) is 3.38. The van der Waals surface area contributed by atoms with Gasteiger partial charge in [-0.25, -0.2) is 4.98 Å². The maximum absolute atomic E-state index is 13.4. The van der Waals surface area contributed by atoms with Crippen molar-refractivity contribution in [3.63, 3.8) is 0 Å². The van der Waals surface area contributed by atoms with Crippen molar-refractivity contribution in [2.45, 2.75) is 20.3 Å². The van der Waals surface area contributed by atoms with E-state index < -0.39 is 0 Å². The molecule has 4 heteroatoms. The lowest BCUT2D eigenvalue weighted by Gasteiger charge is -2.09. The molecule has 0 aliphatic carbocycles. The smallest absolute Gasteiger partial charge is 0.202 e. The summed E-state index contributed by atoms with van der Waals surface area (Å²) in [6.45, 7) is 3.94. The first-order valence-corrected chi connectivity index (χ1v) is 9.63. The van der Waals surface area contributed by atoms with Crippen LogP contribution in [0.3, 0.4) is 0 Å². The fourth-order valence-electron chi connectivity index (χ4n) is 3.09. The zero-order valence-corrected chi connectivity index (χ0v) is 15.9. The molecule has 0 amide bonds. The molecule has 4 aromatic rings. The van der Waals surface area contributed by atoms with Crippen LogP contribution in [0.4, 0.5) is 0 Å². The predicted molar refractivity (Wildman–Crippen MR) is 110 cm³/mol. The number of rotatable bonds is 2. The third kappa shape index (κ3) is 3.30. The third-order valence-corrected chi connectivity index (χ3v) is 5.09. The summed E-state index contributed by atoms with van der Waals surface area (Å²) in [6, 6.07) is 15.2. The Morgan fingerprint density at radius 2 is 1.89 bits per heavy atom. The first-order chi connectivity index (χ1) is 13.2. The Kier molecular flexibility index (Phi) is 4.62. The Labute approximate surface area is 161 Å². The molecule has 0 saturated carbocycles. The highest BCUT2D eigenvalue weighted by Gasteiger charge is 2.16. The fraction of sp³-hybridized carbons (Fsp3) is 0.130. The first kappa shape index (κ1) is 17.3. The number of fused-ring (bicyclic) bond motifs is 1. The van der Waals surface area contributed by atoms with Gasteiger partial charge in [-0.15, -0.1) is 11.3 Å². The summed E-state index contributed by atoms with van der Waals surface area (Å²) in [6.07, 6.45) is 0.642. The van der Waals surface area contributed by atoms with E-state index in [0.29, 0.717) is 40.0 Å². The SMILES string of the molecule is CCc1oc2cccc(C#Cc3csc(C)n3)c2c(=O)c1-c1ccccc1. The molecule has 0 aliphatic rings.